The Morgan fingerprint density at radius 1 is 0.963 bits per heavy atom. The smallest absolute Gasteiger partial charge is 0.188 e. The second-order valence-electron chi connectivity index (χ2n) is 5.91. The molecule has 0 spiro atoms. The van der Waals surface area contributed by atoms with Crippen molar-refractivity contribution in [1.29, 1.82) is 0 Å². The molecule has 1 unspecified atom stereocenters. The first kappa shape index (κ1) is 19.6. The Morgan fingerprint density at radius 2 is 1.67 bits per heavy atom. The van der Waals surface area contributed by atoms with Gasteiger partial charge in [-0.25, -0.2) is 0 Å². The van der Waals surface area contributed by atoms with E-state index in [1.165, 1.54) is 7.11 Å². The topological polar surface area (TPSA) is 75.6 Å². The van der Waals surface area contributed by atoms with Crippen molar-refractivity contribution < 1.29 is 33.5 Å². The highest BCUT2D eigenvalue weighted by atomic mass is 16.7. The molecule has 1 aliphatic heterocycles. The van der Waals surface area contributed by atoms with Crippen molar-refractivity contribution >= 4 is 0 Å². The van der Waals surface area contributed by atoms with Crippen molar-refractivity contribution in [1.82, 2.24) is 0 Å². The summed E-state index contributed by atoms with van der Waals surface area (Å²) in [6, 6.07) is 12.7. The number of rotatable bonds is 9. The molecule has 1 atom stereocenters. The van der Waals surface area contributed by atoms with Gasteiger partial charge >= 0.3 is 0 Å². The largest absolute Gasteiger partial charge is 0.468 e. The second kappa shape index (κ2) is 9.68. The molecule has 7 heteroatoms. The fraction of sp³-hybridized carbons (Fsp3) is 0.400. The Hall–Kier alpha value is -2.16. The summed E-state index contributed by atoms with van der Waals surface area (Å²) in [5.74, 6) is 1.05. The number of methoxy groups -OCH3 is 2. The zero-order valence-electron chi connectivity index (χ0n) is 15.4. The predicted octanol–water partition coefficient (Wildman–Crippen LogP) is 2.78. The molecular weight excluding hydrogens is 352 g/mol. The van der Waals surface area contributed by atoms with Gasteiger partial charge in [-0.05, 0) is 23.8 Å². The van der Waals surface area contributed by atoms with Gasteiger partial charge in [-0.1, -0.05) is 24.3 Å². The normalized spacial score (nSPS) is 15.7. The molecule has 1 aliphatic rings. The van der Waals surface area contributed by atoms with E-state index < -0.39 is 12.4 Å². The van der Waals surface area contributed by atoms with Crippen molar-refractivity contribution in [3.05, 3.63) is 59.2 Å². The summed E-state index contributed by atoms with van der Waals surface area (Å²) in [5, 5.41) is 11.1. The van der Waals surface area contributed by atoms with Gasteiger partial charge in [0.05, 0.1) is 13.2 Å². The molecule has 0 aromatic heterocycles. The molecule has 27 heavy (non-hydrogen) atoms. The lowest BCUT2D eigenvalue weighted by atomic mass is 9.95. The molecule has 0 aliphatic carbocycles. The Morgan fingerprint density at radius 3 is 2.41 bits per heavy atom. The van der Waals surface area contributed by atoms with E-state index in [4.69, 9.17) is 28.4 Å². The number of hydrogen-bond acceptors (Lipinski definition) is 7. The van der Waals surface area contributed by atoms with Crippen LogP contribution in [0.1, 0.15) is 29.1 Å². The standard InChI is InChI=1S/C20H24O7/c1-22-12-26-14-7-8-18(27-13-23-2)17(11-14)19(21)15-5-3-4-6-16(15)20-24-9-10-25-20/h3-8,11,19-21H,9-10,12-13H2,1-2H3. The van der Waals surface area contributed by atoms with Crippen LogP contribution in [0.15, 0.2) is 42.5 Å². The lowest BCUT2D eigenvalue weighted by Gasteiger charge is -2.21. The zero-order valence-corrected chi connectivity index (χ0v) is 15.4. The van der Waals surface area contributed by atoms with E-state index in [1.54, 1.807) is 25.3 Å². The molecule has 3 rings (SSSR count). The molecular formula is C20H24O7. The van der Waals surface area contributed by atoms with E-state index in [9.17, 15) is 5.11 Å². The number of ether oxygens (including phenoxy) is 6. The third-order valence-electron chi connectivity index (χ3n) is 4.12. The fourth-order valence-electron chi connectivity index (χ4n) is 2.89. The predicted molar refractivity (Wildman–Crippen MR) is 96.6 cm³/mol. The van der Waals surface area contributed by atoms with Gasteiger partial charge in [-0.2, -0.15) is 0 Å². The van der Waals surface area contributed by atoms with Gasteiger partial charge in [0.2, 0.25) is 0 Å². The third-order valence-corrected chi connectivity index (χ3v) is 4.12. The number of hydrogen-bond donors (Lipinski definition) is 1. The van der Waals surface area contributed by atoms with E-state index in [1.807, 2.05) is 24.3 Å². The maximum Gasteiger partial charge on any atom is 0.188 e. The van der Waals surface area contributed by atoms with E-state index in [0.717, 1.165) is 5.56 Å². The summed E-state index contributed by atoms with van der Waals surface area (Å²) in [5.41, 5.74) is 2.00. The fourth-order valence-corrected chi connectivity index (χ4v) is 2.89. The highest BCUT2D eigenvalue weighted by molar-refractivity contribution is 5.47. The van der Waals surface area contributed by atoms with Gasteiger partial charge < -0.3 is 33.5 Å². The van der Waals surface area contributed by atoms with Crippen LogP contribution in [-0.2, 0) is 18.9 Å². The quantitative estimate of drug-likeness (QED) is 0.675. The lowest BCUT2D eigenvalue weighted by molar-refractivity contribution is -0.0457. The van der Waals surface area contributed by atoms with Crippen LogP contribution in [0, 0.1) is 0 Å². The second-order valence-corrected chi connectivity index (χ2v) is 5.91. The van der Waals surface area contributed by atoms with Crippen molar-refractivity contribution in [3.63, 3.8) is 0 Å². The van der Waals surface area contributed by atoms with Crippen LogP contribution < -0.4 is 9.47 Å². The van der Waals surface area contributed by atoms with E-state index in [2.05, 4.69) is 0 Å². The van der Waals surface area contributed by atoms with Crippen LogP contribution in [0.25, 0.3) is 0 Å². The molecule has 0 saturated carbocycles. The summed E-state index contributed by atoms with van der Waals surface area (Å²) in [6.45, 7) is 1.22. The van der Waals surface area contributed by atoms with Gasteiger partial charge in [0.1, 0.15) is 17.6 Å². The first-order valence-corrected chi connectivity index (χ1v) is 8.62. The average molecular weight is 376 g/mol. The Bertz CT molecular complexity index is 728. The first-order valence-electron chi connectivity index (χ1n) is 8.62. The van der Waals surface area contributed by atoms with Gasteiger partial charge in [0.15, 0.2) is 19.9 Å². The van der Waals surface area contributed by atoms with Crippen LogP contribution in [0.2, 0.25) is 0 Å². The highest BCUT2D eigenvalue weighted by Gasteiger charge is 2.26. The number of aliphatic hydroxyl groups is 1. The van der Waals surface area contributed by atoms with E-state index in [-0.39, 0.29) is 13.6 Å². The van der Waals surface area contributed by atoms with Crippen LogP contribution in [0.4, 0.5) is 0 Å². The third kappa shape index (κ3) is 4.77. The van der Waals surface area contributed by atoms with Gasteiger partial charge in [0.25, 0.3) is 0 Å². The molecule has 2 aromatic carbocycles. The SMILES string of the molecule is COCOc1ccc(OCOC)c(C(O)c2ccccc2C2OCCO2)c1. The average Bonchev–Trinajstić information content (AvgIpc) is 3.25. The Labute approximate surface area is 158 Å². The Kier molecular flexibility index (Phi) is 7.03. The van der Waals surface area contributed by atoms with Crippen molar-refractivity contribution in [2.24, 2.45) is 0 Å². The zero-order chi connectivity index (χ0) is 19.1. The first-order chi connectivity index (χ1) is 13.2. The van der Waals surface area contributed by atoms with Crippen LogP contribution in [-0.4, -0.2) is 46.1 Å². The number of benzene rings is 2. The molecule has 0 bridgehead atoms. The van der Waals surface area contributed by atoms with E-state index in [0.29, 0.717) is 35.8 Å². The van der Waals surface area contributed by atoms with Gasteiger partial charge in [0, 0.05) is 25.3 Å². The van der Waals surface area contributed by atoms with Crippen LogP contribution >= 0.6 is 0 Å². The summed E-state index contributed by atoms with van der Waals surface area (Å²) in [7, 11) is 3.08. The Balaban J connectivity index is 1.95. The van der Waals surface area contributed by atoms with Gasteiger partial charge in [-0.15, -0.1) is 0 Å². The van der Waals surface area contributed by atoms with E-state index >= 15 is 0 Å². The molecule has 1 saturated heterocycles. The molecule has 0 radical (unpaired) electrons. The van der Waals surface area contributed by atoms with Crippen molar-refractivity contribution in [2.45, 2.75) is 12.4 Å². The summed E-state index contributed by atoms with van der Waals surface area (Å²) >= 11 is 0. The van der Waals surface area contributed by atoms with Crippen LogP contribution in [0.3, 0.4) is 0 Å². The maximum absolute atomic E-state index is 11.1. The number of aliphatic hydroxyl groups excluding tert-OH is 1. The highest BCUT2D eigenvalue weighted by Crippen LogP contribution is 2.37. The minimum atomic E-state index is -0.966. The molecule has 1 fully saturated rings. The molecule has 146 valence electrons. The minimum absolute atomic E-state index is 0.0640. The molecule has 7 nitrogen and oxygen atoms in total. The minimum Gasteiger partial charge on any atom is -0.468 e. The summed E-state index contributed by atoms with van der Waals surface area (Å²) in [4.78, 5) is 0. The summed E-state index contributed by atoms with van der Waals surface area (Å²) < 4.78 is 32.3. The molecule has 0 amide bonds. The van der Waals surface area contributed by atoms with Gasteiger partial charge in [-0.3, -0.25) is 0 Å². The molecule has 2 aromatic rings. The molecule has 1 N–H and O–H groups in total. The maximum atomic E-state index is 11.1. The molecule has 1 heterocycles. The van der Waals surface area contributed by atoms with Crippen LogP contribution in [0.5, 0.6) is 11.5 Å². The summed E-state index contributed by atoms with van der Waals surface area (Å²) in [6.07, 6.45) is -1.46. The van der Waals surface area contributed by atoms with Crippen molar-refractivity contribution in [3.8, 4) is 11.5 Å². The van der Waals surface area contributed by atoms with Crippen molar-refractivity contribution in [2.75, 3.05) is 41.0 Å². The lowest BCUT2D eigenvalue weighted by Crippen LogP contribution is -2.11. The monoisotopic (exact) mass is 376 g/mol.